The van der Waals surface area contributed by atoms with E-state index < -0.39 is 0 Å². The molecule has 0 amide bonds. The molecule has 0 saturated carbocycles. The number of allylic oxidation sites excluding steroid dienone is 1. The largest absolute Gasteiger partial charge is 0.455 e. The molecule has 0 fully saturated rings. The maximum Gasteiger partial charge on any atom is 0.154 e. The van der Waals surface area contributed by atoms with Gasteiger partial charge in [-0.15, -0.1) is 0 Å². The summed E-state index contributed by atoms with van der Waals surface area (Å²) in [4.78, 5) is 11.8. The van der Waals surface area contributed by atoms with Gasteiger partial charge in [-0.1, -0.05) is 84.9 Å². The number of rotatable bonds is 3. The number of carbonyl (C=O) groups excluding carboxylic acids is 1. The van der Waals surface area contributed by atoms with Gasteiger partial charge in [0.15, 0.2) is 6.29 Å². The molecule has 25 heavy (non-hydrogen) atoms. The highest BCUT2D eigenvalue weighted by molar-refractivity contribution is 6.19. The molecule has 1 heterocycles. The summed E-state index contributed by atoms with van der Waals surface area (Å²) < 4.78 is 6.22. The molecule has 0 unspecified atom stereocenters. The summed E-state index contributed by atoms with van der Waals surface area (Å²) in [6, 6.07) is 27.6. The quantitative estimate of drug-likeness (QED) is 0.613. The number of aldehydes is 1. The van der Waals surface area contributed by atoms with E-state index in [1.807, 2.05) is 91.0 Å². The zero-order chi connectivity index (χ0) is 17.1. The first-order chi connectivity index (χ1) is 12.4. The van der Waals surface area contributed by atoms with Crippen LogP contribution in [-0.2, 0) is 9.53 Å². The van der Waals surface area contributed by atoms with E-state index in [1.54, 1.807) is 0 Å². The predicted octanol–water partition coefficient (Wildman–Crippen LogP) is 5.28. The van der Waals surface area contributed by atoms with E-state index in [9.17, 15) is 4.79 Å². The van der Waals surface area contributed by atoms with Crippen molar-refractivity contribution in [3.05, 3.63) is 107 Å². The molecule has 0 radical (unpaired) electrons. The van der Waals surface area contributed by atoms with Gasteiger partial charge in [-0.05, 0) is 17.2 Å². The molecule has 0 N–H and O–H groups in total. The van der Waals surface area contributed by atoms with Crippen molar-refractivity contribution in [2.45, 2.75) is 0 Å². The van der Waals surface area contributed by atoms with Crippen LogP contribution in [0.2, 0.25) is 0 Å². The lowest BCUT2D eigenvalue weighted by Crippen LogP contribution is -2.07. The Kier molecular flexibility index (Phi) is 4.01. The first kappa shape index (κ1) is 15.2. The zero-order valence-electron chi connectivity index (χ0n) is 13.6. The van der Waals surface area contributed by atoms with Gasteiger partial charge in [-0.25, -0.2) is 0 Å². The van der Waals surface area contributed by atoms with Crippen LogP contribution in [0.4, 0.5) is 0 Å². The minimum absolute atomic E-state index is 0.576. The molecule has 0 aliphatic carbocycles. The predicted molar refractivity (Wildman–Crippen MR) is 101 cm³/mol. The van der Waals surface area contributed by atoms with Crippen molar-refractivity contribution in [1.82, 2.24) is 0 Å². The molecule has 0 aromatic heterocycles. The third-order valence-corrected chi connectivity index (χ3v) is 4.19. The van der Waals surface area contributed by atoms with Crippen LogP contribution in [-0.4, -0.2) is 6.29 Å². The smallest absolute Gasteiger partial charge is 0.154 e. The molecular weight excluding hydrogens is 308 g/mol. The number of hydrogen-bond donors (Lipinski definition) is 0. The number of hydrogen-bond acceptors (Lipinski definition) is 2. The summed E-state index contributed by atoms with van der Waals surface area (Å²) in [5.41, 5.74) is 4.33. The first-order valence-corrected chi connectivity index (χ1v) is 8.16. The third kappa shape index (κ3) is 2.90. The van der Waals surface area contributed by atoms with Gasteiger partial charge in [-0.2, -0.15) is 0 Å². The highest BCUT2D eigenvalue weighted by Crippen LogP contribution is 2.40. The summed E-state index contributed by atoms with van der Waals surface area (Å²) in [6.45, 7) is 0. The average Bonchev–Trinajstić information content (AvgIpc) is 2.69. The minimum atomic E-state index is 0.576. The second kappa shape index (κ2) is 6.62. The fraction of sp³-hybridized carbons (Fsp3) is 0. The van der Waals surface area contributed by atoms with E-state index in [4.69, 9.17) is 4.74 Å². The molecule has 0 saturated heterocycles. The number of fused-ring (bicyclic) bond motifs is 1. The standard InChI is InChI=1S/C23H16O2/c24-16-21-19-13-7-8-14-20(19)22(15-17-9-3-1-4-10-17)25-23(21)18-11-5-2-6-12-18/h1-16H/b22-15-. The van der Waals surface area contributed by atoms with Crippen LogP contribution in [0.25, 0.3) is 23.2 Å². The first-order valence-electron chi connectivity index (χ1n) is 8.16. The van der Waals surface area contributed by atoms with Crippen LogP contribution in [0.5, 0.6) is 0 Å². The van der Waals surface area contributed by atoms with Crippen molar-refractivity contribution in [2.24, 2.45) is 0 Å². The van der Waals surface area contributed by atoms with E-state index >= 15 is 0 Å². The van der Waals surface area contributed by atoms with E-state index in [1.165, 1.54) is 0 Å². The minimum Gasteiger partial charge on any atom is -0.455 e. The lowest BCUT2D eigenvalue weighted by atomic mass is 9.93. The maximum atomic E-state index is 11.8. The summed E-state index contributed by atoms with van der Waals surface area (Å²) >= 11 is 0. The van der Waals surface area contributed by atoms with Crippen molar-refractivity contribution in [3.63, 3.8) is 0 Å². The van der Waals surface area contributed by atoms with Gasteiger partial charge in [0.05, 0.1) is 5.57 Å². The zero-order valence-corrected chi connectivity index (χ0v) is 13.6. The lowest BCUT2D eigenvalue weighted by molar-refractivity contribution is -0.103. The molecule has 1 aliphatic rings. The Morgan fingerprint density at radius 3 is 1.96 bits per heavy atom. The Bertz CT molecular complexity index is 967. The highest BCUT2D eigenvalue weighted by atomic mass is 16.5. The Balaban J connectivity index is 1.92. The summed E-state index contributed by atoms with van der Waals surface area (Å²) in [6.07, 6.45) is 2.88. The summed E-state index contributed by atoms with van der Waals surface area (Å²) in [5, 5.41) is 0. The van der Waals surface area contributed by atoms with Crippen LogP contribution in [0, 0.1) is 0 Å². The topological polar surface area (TPSA) is 26.3 Å². The average molecular weight is 324 g/mol. The fourth-order valence-electron chi connectivity index (χ4n) is 3.00. The molecule has 0 spiro atoms. The molecule has 3 aromatic rings. The molecule has 2 nitrogen and oxygen atoms in total. The van der Waals surface area contributed by atoms with Crippen LogP contribution in [0.3, 0.4) is 0 Å². The normalized spacial score (nSPS) is 14.8. The second-order valence-corrected chi connectivity index (χ2v) is 5.79. The molecule has 0 atom stereocenters. The van der Waals surface area contributed by atoms with Crippen molar-refractivity contribution >= 4 is 29.5 Å². The molecule has 4 rings (SSSR count). The van der Waals surface area contributed by atoms with Crippen LogP contribution in [0.1, 0.15) is 22.3 Å². The highest BCUT2D eigenvalue weighted by Gasteiger charge is 2.24. The van der Waals surface area contributed by atoms with Gasteiger partial charge in [0.25, 0.3) is 0 Å². The van der Waals surface area contributed by atoms with Gasteiger partial charge in [0, 0.05) is 11.1 Å². The number of carbonyl (C=O) groups is 1. The van der Waals surface area contributed by atoms with E-state index in [0.29, 0.717) is 11.3 Å². The second-order valence-electron chi connectivity index (χ2n) is 5.79. The fourth-order valence-corrected chi connectivity index (χ4v) is 3.00. The van der Waals surface area contributed by atoms with Crippen LogP contribution >= 0.6 is 0 Å². The molecule has 120 valence electrons. The molecular formula is C23H16O2. The van der Waals surface area contributed by atoms with Crippen molar-refractivity contribution in [2.75, 3.05) is 0 Å². The Morgan fingerprint density at radius 2 is 1.28 bits per heavy atom. The van der Waals surface area contributed by atoms with E-state index in [-0.39, 0.29) is 0 Å². The van der Waals surface area contributed by atoms with Crippen LogP contribution in [0.15, 0.2) is 84.9 Å². The monoisotopic (exact) mass is 324 g/mol. The molecule has 1 aliphatic heterocycles. The molecule has 2 heteroatoms. The Hall–Kier alpha value is -3.39. The van der Waals surface area contributed by atoms with Gasteiger partial charge >= 0.3 is 0 Å². The SMILES string of the molecule is O=CC1=C(c2ccccc2)O/C(=C\c2ccccc2)c2ccccc21. The summed E-state index contributed by atoms with van der Waals surface area (Å²) in [7, 11) is 0. The van der Waals surface area contributed by atoms with Crippen molar-refractivity contribution in [3.8, 4) is 0 Å². The van der Waals surface area contributed by atoms with Crippen molar-refractivity contribution in [1.29, 1.82) is 0 Å². The van der Waals surface area contributed by atoms with Gasteiger partial charge < -0.3 is 4.74 Å². The molecule has 0 bridgehead atoms. The number of benzene rings is 3. The van der Waals surface area contributed by atoms with Crippen molar-refractivity contribution < 1.29 is 9.53 Å². The third-order valence-electron chi connectivity index (χ3n) is 4.19. The molecule has 3 aromatic carbocycles. The lowest BCUT2D eigenvalue weighted by Gasteiger charge is -2.24. The van der Waals surface area contributed by atoms with Gasteiger partial charge in [-0.3, -0.25) is 4.79 Å². The maximum absolute atomic E-state index is 11.8. The Labute approximate surface area is 146 Å². The van der Waals surface area contributed by atoms with Crippen LogP contribution < -0.4 is 0 Å². The van der Waals surface area contributed by atoms with E-state index in [0.717, 1.165) is 34.3 Å². The number of ether oxygens (including phenoxy) is 1. The Morgan fingerprint density at radius 1 is 0.680 bits per heavy atom. The van der Waals surface area contributed by atoms with Gasteiger partial charge in [0.1, 0.15) is 11.5 Å². The van der Waals surface area contributed by atoms with Gasteiger partial charge in [0.2, 0.25) is 0 Å². The van der Waals surface area contributed by atoms with E-state index in [2.05, 4.69) is 0 Å². The summed E-state index contributed by atoms with van der Waals surface area (Å²) in [5.74, 6) is 1.34.